The molecule has 1 saturated heterocycles. The van der Waals surface area contributed by atoms with Gasteiger partial charge in [0.15, 0.2) is 11.5 Å². The number of carbonyl (C=O) groups is 1. The molecule has 6 heteroatoms. The third kappa shape index (κ3) is 3.12. The van der Waals surface area contributed by atoms with Crippen LogP contribution >= 0.6 is 0 Å². The first kappa shape index (κ1) is 15.7. The fraction of sp³-hybridized carbons (Fsp3) is 0.368. The molecule has 1 atom stereocenters. The molecule has 3 aromatic heterocycles. The number of rotatable bonds is 3. The second-order valence-electron chi connectivity index (χ2n) is 6.46. The van der Waals surface area contributed by atoms with Gasteiger partial charge in [-0.05, 0) is 44.0 Å². The molecule has 1 aliphatic rings. The zero-order valence-electron chi connectivity index (χ0n) is 14.2. The van der Waals surface area contributed by atoms with Gasteiger partial charge in [0.05, 0.1) is 12.3 Å². The van der Waals surface area contributed by atoms with Gasteiger partial charge >= 0.3 is 0 Å². The maximum atomic E-state index is 13.1. The Labute approximate surface area is 145 Å². The monoisotopic (exact) mass is 339 g/mol. The first-order chi connectivity index (χ1) is 12.2. The summed E-state index contributed by atoms with van der Waals surface area (Å²) in [4.78, 5) is 15.0. The average Bonchev–Trinajstić information content (AvgIpc) is 3.34. The molecule has 1 aliphatic heterocycles. The molecule has 25 heavy (non-hydrogen) atoms. The third-order valence-electron chi connectivity index (χ3n) is 4.69. The van der Waals surface area contributed by atoms with Crippen molar-refractivity contribution in [2.45, 2.75) is 38.6 Å². The van der Waals surface area contributed by atoms with E-state index < -0.39 is 0 Å². The summed E-state index contributed by atoms with van der Waals surface area (Å²) in [5, 5.41) is 7.12. The van der Waals surface area contributed by atoms with Crippen molar-refractivity contribution in [3.8, 4) is 11.5 Å². The molecule has 3 aromatic rings. The number of amides is 1. The van der Waals surface area contributed by atoms with E-state index in [2.05, 4.69) is 10.2 Å². The highest BCUT2D eigenvalue weighted by Gasteiger charge is 2.30. The van der Waals surface area contributed by atoms with Crippen LogP contribution in [0.2, 0.25) is 0 Å². The fourth-order valence-corrected chi connectivity index (χ4v) is 3.41. The summed E-state index contributed by atoms with van der Waals surface area (Å²) in [6, 6.07) is 9.29. The van der Waals surface area contributed by atoms with E-state index in [-0.39, 0.29) is 11.9 Å². The van der Waals surface area contributed by atoms with Gasteiger partial charge in [0, 0.05) is 12.6 Å². The number of aryl methyl sites for hydroxylation is 1. The van der Waals surface area contributed by atoms with Crippen LogP contribution in [0.5, 0.6) is 0 Å². The van der Waals surface area contributed by atoms with Crippen molar-refractivity contribution in [1.82, 2.24) is 15.1 Å². The summed E-state index contributed by atoms with van der Waals surface area (Å²) in [6.07, 6.45) is 5.78. The third-order valence-corrected chi connectivity index (χ3v) is 4.69. The lowest BCUT2D eigenvalue weighted by atomic mass is 10.1. The van der Waals surface area contributed by atoms with Crippen LogP contribution in [0.15, 0.2) is 45.4 Å². The maximum Gasteiger partial charge on any atom is 0.274 e. The fourth-order valence-electron chi connectivity index (χ4n) is 3.41. The predicted molar refractivity (Wildman–Crippen MR) is 92.0 cm³/mol. The van der Waals surface area contributed by atoms with E-state index in [0.717, 1.165) is 37.2 Å². The van der Waals surface area contributed by atoms with E-state index in [0.29, 0.717) is 23.7 Å². The highest BCUT2D eigenvalue weighted by molar-refractivity contribution is 5.93. The summed E-state index contributed by atoms with van der Waals surface area (Å²) >= 11 is 0. The number of carbonyl (C=O) groups excluding carboxylic acids is 1. The van der Waals surface area contributed by atoms with Crippen LogP contribution in [-0.4, -0.2) is 27.5 Å². The van der Waals surface area contributed by atoms with Crippen molar-refractivity contribution in [2.24, 2.45) is 0 Å². The van der Waals surface area contributed by atoms with E-state index in [9.17, 15) is 4.79 Å². The summed E-state index contributed by atoms with van der Waals surface area (Å²) in [7, 11) is 0. The van der Waals surface area contributed by atoms with E-state index in [4.69, 9.17) is 8.83 Å². The van der Waals surface area contributed by atoms with Gasteiger partial charge in [-0.3, -0.25) is 9.89 Å². The van der Waals surface area contributed by atoms with Gasteiger partial charge in [-0.25, -0.2) is 0 Å². The molecule has 1 N–H and O–H groups in total. The first-order valence-electron chi connectivity index (χ1n) is 8.69. The number of H-pyrrole nitrogens is 1. The Balaban J connectivity index is 1.61. The standard InChI is InChI=1S/C19H21N3O3/c1-13-8-9-17(25-13)14-12-15(21-20-14)19(23)22-10-4-2-3-6-16(22)18-7-5-11-24-18/h5,7-9,11-12,16H,2-4,6,10H2,1H3,(H,20,21)/t16-/m0/s1. The van der Waals surface area contributed by atoms with Crippen molar-refractivity contribution in [2.75, 3.05) is 6.54 Å². The van der Waals surface area contributed by atoms with Gasteiger partial charge in [-0.2, -0.15) is 5.10 Å². The van der Waals surface area contributed by atoms with E-state index in [1.807, 2.05) is 36.1 Å². The Morgan fingerprint density at radius 3 is 2.96 bits per heavy atom. The zero-order chi connectivity index (χ0) is 17.2. The SMILES string of the molecule is Cc1ccc(-c2cc(C(=O)N3CCCCC[C@H]3c3ccco3)n[nH]2)o1. The molecular weight excluding hydrogens is 318 g/mol. The lowest BCUT2D eigenvalue weighted by molar-refractivity contribution is 0.0652. The van der Waals surface area contributed by atoms with Crippen LogP contribution in [0.1, 0.15) is 53.7 Å². The minimum atomic E-state index is -0.0749. The van der Waals surface area contributed by atoms with E-state index in [1.54, 1.807) is 12.3 Å². The molecule has 0 aliphatic carbocycles. The molecule has 0 unspecified atom stereocenters. The number of hydrogen-bond acceptors (Lipinski definition) is 4. The lowest BCUT2D eigenvalue weighted by Crippen LogP contribution is -2.34. The van der Waals surface area contributed by atoms with Gasteiger partial charge in [-0.1, -0.05) is 12.8 Å². The number of furan rings is 2. The Morgan fingerprint density at radius 2 is 2.20 bits per heavy atom. The summed E-state index contributed by atoms with van der Waals surface area (Å²) in [6.45, 7) is 2.60. The second kappa shape index (κ2) is 6.63. The maximum absolute atomic E-state index is 13.1. The zero-order valence-corrected chi connectivity index (χ0v) is 14.2. The Hall–Kier alpha value is -2.76. The minimum absolute atomic E-state index is 0.0315. The van der Waals surface area contributed by atoms with Crippen molar-refractivity contribution in [3.63, 3.8) is 0 Å². The largest absolute Gasteiger partial charge is 0.467 e. The van der Waals surface area contributed by atoms with E-state index >= 15 is 0 Å². The Bertz CT molecular complexity index is 847. The Morgan fingerprint density at radius 1 is 1.28 bits per heavy atom. The van der Waals surface area contributed by atoms with Crippen LogP contribution < -0.4 is 0 Å². The number of aromatic amines is 1. The molecule has 130 valence electrons. The molecule has 6 nitrogen and oxygen atoms in total. The number of nitrogens with zero attached hydrogens (tertiary/aromatic N) is 2. The quantitative estimate of drug-likeness (QED) is 0.770. The smallest absolute Gasteiger partial charge is 0.274 e. The molecule has 0 radical (unpaired) electrons. The van der Waals surface area contributed by atoms with Crippen molar-refractivity contribution in [3.05, 3.63) is 53.8 Å². The van der Waals surface area contributed by atoms with Crippen molar-refractivity contribution >= 4 is 5.91 Å². The minimum Gasteiger partial charge on any atom is -0.467 e. The lowest BCUT2D eigenvalue weighted by Gasteiger charge is -2.27. The number of hydrogen-bond donors (Lipinski definition) is 1. The van der Waals surface area contributed by atoms with Gasteiger partial charge in [0.1, 0.15) is 17.2 Å². The highest BCUT2D eigenvalue weighted by atomic mass is 16.3. The van der Waals surface area contributed by atoms with Crippen LogP contribution in [0.25, 0.3) is 11.5 Å². The van der Waals surface area contributed by atoms with Crippen molar-refractivity contribution in [1.29, 1.82) is 0 Å². The molecule has 1 fully saturated rings. The summed E-state index contributed by atoms with van der Waals surface area (Å²) < 4.78 is 11.2. The topological polar surface area (TPSA) is 75.3 Å². The first-order valence-corrected chi connectivity index (χ1v) is 8.69. The second-order valence-corrected chi connectivity index (χ2v) is 6.46. The van der Waals surface area contributed by atoms with Crippen LogP contribution in [0, 0.1) is 6.92 Å². The van der Waals surface area contributed by atoms with Crippen LogP contribution in [-0.2, 0) is 0 Å². The van der Waals surface area contributed by atoms with Gasteiger partial charge in [0.2, 0.25) is 0 Å². The van der Waals surface area contributed by atoms with Crippen LogP contribution in [0.3, 0.4) is 0 Å². The molecule has 4 heterocycles. The molecule has 4 rings (SSSR count). The molecule has 0 aromatic carbocycles. The average molecular weight is 339 g/mol. The molecule has 0 saturated carbocycles. The molecule has 0 bridgehead atoms. The van der Waals surface area contributed by atoms with Gasteiger partial charge in [-0.15, -0.1) is 0 Å². The summed E-state index contributed by atoms with van der Waals surface area (Å²) in [5.41, 5.74) is 1.11. The normalized spacial score (nSPS) is 18.3. The number of nitrogens with one attached hydrogen (secondary N) is 1. The number of aromatic nitrogens is 2. The molecule has 1 amide bonds. The molecular formula is C19H21N3O3. The van der Waals surface area contributed by atoms with Crippen LogP contribution in [0.4, 0.5) is 0 Å². The Kier molecular flexibility index (Phi) is 4.17. The highest BCUT2D eigenvalue weighted by Crippen LogP contribution is 2.32. The number of likely N-dealkylation sites (tertiary alicyclic amines) is 1. The van der Waals surface area contributed by atoms with Gasteiger partial charge < -0.3 is 13.7 Å². The molecule has 0 spiro atoms. The van der Waals surface area contributed by atoms with Gasteiger partial charge in [0.25, 0.3) is 5.91 Å². The predicted octanol–water partition coefficient (Wildman–Crippen LogP) is 4.33. The van der Waals surface area contributed by atoms with E-state index in [1.165, 1.54) is 0 Å². The summed E-state index contributed by atoms with van der Waals surface area (Å²) in [5.74, 6) is 2.27. The van der Waals surface area contributed by atoms with Crippen molar-refractivity contribution < 1.29 is 13.6 Å².